The molecule has 29 heavy (non-hydrogen) atoms. The van der Waals surface area contributed by atoms with Gasteiger partial charge in [-0.25, -0.2) is 15.0 Å². The third-order valence-corrected chi connectivity index (χ3v) is 5.72. The van der Waals surface area contributed by atoms with Crippen LogP contribution in [0.4, 0.5) is 5.82 Å². The molecule has 5 rings (SSSR count). The number of amides is 1. The van der Waals surface area contributed by atoms with Crippen LogP contribution in [0.5, 0.6) is 0 Å². The van der Waals surface area contributed by atoms with Crippen molar-refractivity contribution in [2.24, 2.45) is 0 Å². The Morgan fingerprint density at radius 2 is 2.00 bits per heavy atom. The number of imidazole rings is 1. The highest BCUT2D eigenvalue weighted by molar-refractivity contribution is 6.31. The average molecular weight is 413 g/mol. The molecule has 150 valence electrons. The van der Waals surface area contributed by atoms with Gasteiger partial charge in [-0.3, -0.25) is 4.79 Å². The highest BCUT2D eigenvalue weighted by Crippen LogP contribution is 2.31. The molecule has 0 bridgehead atoms. The molecule has 1 aromatic carbocycles. The van der Waals surface area contributed by atoms with E-state index >= 15 is 0 Å². The van der Waals surface area contributed by atoms with Crippen LogP contribution in [0.15, 0.2) is 30.6 Å². The van der Waals surface area contributed by atoms with Crippen LogP contribution in [-0.2, 0) is 4.74 Å². The van der Waals surface area contributed by atoms with E-state index < -0.39 is 0 Å². The summed E-state index contributed by atoms with van der Waals surface area (Å²) in [5.74, 6) is 1.61. The number of carbonyl (C=O) groups is 1. The van der Waals surface area contributed by atoms with Crippen molar-refractivity contribution in [3.63, 3.8) is 0 Å². The first-order chi connectivity index (χ1) is 14.2. The second kappa shape index (κ2) is 7.61. The lowest BCUT2D eigenvalue weighted by Gasteiger charge is -2.39. The van der Waals surface area contributed by atoms with Crippen LogP contribution in [0.25, 0.3) is 11.0 Å². The molecule has 4 heterocycles. The Labute approximate surface area is 172 Å². The number of ether oxygens (including phenoxy) is 1. The van der Waals surface area contributed by atoms with E-state index in [1.54, 1.807) is 12.4 Å². The fraction of sp³-hybridized carbons (Fsp3) is 0.400. The number of hydrogen-bond donors (Lipinski definition) is 2. The third kappa shape index (κ3) is 3.65. The second-order valence-electron chi connectivity index (χ2n) is 7.47. The summed E-state index contributed by atoms with van der Waals surface area (Å²) < 4.78 is 5.35. The topological polar surface area (TPSA) is 96.0 Å². The Morgan fingerprint density at radius 1 is 1.21 bits per heavy atom. The molecule has 0 radical (unpaired) electrons. The van der Waals surface area contributed by atoms with E-state index in [2.05, 4.69) is 30.2 Å². The zero-order valence-electron chi connectivity index (χ0n) is 15.8. The number of aromatic amines is 1. The molecule has 2 aliphatic rings. The van der Waals surface area contributed by atoms with E-state index in [1.165, 1.54) is 0 Å². The number of carbonyl (C=O) groups excluding carboxylic acids is 1. The van der Waals surface area contributed by atoms with Crippen molar-refractivity contribution in [2.75, 3.05) is 31.2 Å². The number of rotatable bonds is 4. The molecule has 2 aromatic heterocycles. The molecule has 0 unspecified atom stereocenters. The van der Waals surface area contributed by atoms with Gasteiger partial charge in [0.15, 0.2) is 11.5 Å². The smallest absolute Gasteiger partial charge is 0.273 e. The molecule has 2 N–H and O–H groups in total. The lowest BCUT2D eigenvalue weighted by Crippen LogP contribution is -2.47. The van der Waals surface area contributed by atoms with E-state index in [0.29, 0.717) is 29.7 Å². The van der Waals surface area contributed by atoms with E-state index in [9.17, 15) is 4.79 Å². The van der Waals surface area contributed by atoms with E-state index in [4.69, 9.17) is 16.3 Å². The van der Waals surface area contributed by atoms with E-state index in [0.717, 1.165) is 42.8 Å². The predicted molar refractivity (Wildman–Crippen MR) is 109 cm³/mol. The number of hydrogen-bond acceptors (Lipinski definition) is 6. The highest BCUT2D eigenvalue weighted by atomic mass is 35.5. The summed E-state index contributed by atoms with van der Waals surface area (Å²) in [5, 5.41) is 3.74. The number of fused-ring (bicyclic) bond motifs is 1. The van der Waals surface area contributed by atoms with E-state index in [1.807, 2.05) is 18.2 Å². The Balaban J connectivity index is 1.29. The van der Waals surface area contributed by atoms with Gasteiger partial charge < -0.3 is 19.9 Å². The Hall–Kier alpha value is -2.71. The molecular weight excluding hydrogens is 392 g/mol. The summed E-state index contributed by atoms with van der Waals surface area (Å²) in [5.41, 5.74) is 2.20. The number of anilines is 1. The molecule has 0 atom stereocenters. The van der Waals surface area contributed by atoms with E-state index in [-0.39, 0.29) is 17.9 Å². The van der Waals surface area contributed by atoms with Crippen molar-refractivity contribution < 1.29 is 9.53 Å². The summed E-state index contributed by atoms with van der Waals surface area (Å²) in [6.07, 6.45) is 4.83. The molecule has 8 nitrogen and oxygen atoms in total. The summed E-state index contributed by atoms with van der Waals surface area (Å²) >= 11 is 6.05. The van der Waals surface area contributed by atoms with Gasteiger partial charge in [0.25, 0.3) is 5.91 Å². The van der Waals surface area contributed by atoms with Gasteiger partial charge in [-0.2, -0.15) is 0 Å². The Morgan fingerprint density at radius 3 is 2.83 bits per heavy atom. The Bertz CT molecular complexity index is 1040. The maximum Gasteiger partial charge on any atom is 0.273 e. The normalized spacial score (nSPS) is 18.0. The van der Waals surface area contributed by atoms with Crippen LogP contribution < -0.4 is 10.2 Å². The van der Waals surface area contributed by atoms with Gasteiger partial charge in [0.05, 0.1) is 17.0 Å². The summed E-state index contributed by atoms with van der Waals surface area (Å²) in [6.45, 7) is 2.80. The molecular formula is C20H21ClN6O2. The largest absolute Gasteiger partial charge is 0.381 e. The van der Waals surface area contributed by atoms with Crippen LogP contribution in [-0.4, -0.2) is 58.2 Å². The first-order valence-electron chi connectivity index (χ1n) is 9.77. The number of aromatic nitrogens is 4. The molecule has 2 saturated heterocycles. The molecule has 1 amide bonds. The van der Waals surface area contributed by atoms with Crippen molar-refractivity contribution >= 4 is 34.4 Å². The maximum absolute atomic E-state index is 12.8. The molecule has 0 saturated carbocycles. The molecule has 9 heteroatoms. The van der Waals surface area contributed by atoms with Crippen molar-refractivity contribution in [1.82, 2.24) is 25.3 Å². The highest BCUT2D eigenvalue weighted by Gasteiger charge is 2.34. The molecule has 0 aliphatic carbocycles. The Kier molecular flexibility index (Phi) is 4.81. The predicted octanol–water partition coefficient (Wildman–Crippen LogP) is 2.52. The zero-order valence-corrected chi connectivity index (χ0v) is 16.5. The lowest BCUT2D eigenvalue weighted by atomic mass is 9.99. The summed E-state index contributed by atoms with van der Waals surface area (Å²) in [6, 6.07) is 5.76. The standard InChI is InChI=1S/C20H21ClN6O2/c21-13-1-2-15-16(9-13)26-18(25-15)12-10-27(11-12)19-17(22-5-6-23-19)20(28)24-14-3-7-29-8-4-14/h1-2,5-6,9,12,14H,3-4,7-8,10-11H2,(H,24,28)(H,25,26). The minimum absolute atomic E-state index is 0.123. The number of halogens is 1. The van der Waals surface area contributed by atoms with Crippen LogP contribution in [0.3, 0.4) is 0 Å². The fourth-order valence-electron chi connectivity index (χ4n) is 3.83. The number of benzene rings is 1. The molecule has 2 fully saturated rings. The third-order valence-electron chi connectivity index (χ3n) is 5.48. The molecule has 0 spiro atoms. The number of nitrogens with zero attached hydrogens (tertiary/aromatic N) is 4. The van der Waals surface area contributed by atoms with Crippen LogP contribution in [0.1, 0.15) is 35.1 Å². The van der Waals surface area contributed by atoms with Gasteiger partial charge in [-0.15, -0.1) is 0 Å². The van der Waals surface area contributed by atoms with Crippen LogP contribution in [0.2, 0.25) is 5.02 Å². The van der Waals surface area contributed by atoms with Crippen LogP contribution in [0, 0.1) is 0 Å². The van der Waals surface area contributed by atoms with Crippen molar-refractivity contribution in [3.8, 4) is 0 Å². The van der Waals surface area contributed by atoms with Crippen molar-refractivity contribution in [1.29, 1.82) is 0 Å². The van der Waals surface area contributed by atoms with Gasteiger partial charge in [0.2, 0.25) is 0 Å². The molecule has 2 aliphatic heterocycles. The van der Waals surface area contributed by atoms with Gasteiger partial charge in [0, 0.05) is 49.8 Å². The average Bonchev–Trinajstić information content (AvgIpc) is 3.10. The van der Waals surface area contributed by atoms with Crippen LogP contribution >= 0.6 is 11.6 Å². The summed E-state index contributed by atoms with van der Waals surface area (Å²) in [7, 11) is 0. The van der Waals surface area contributed by atoms with Gasteiger partial charge in [-0.05, 0) is 31.0 Å². The number of H-pyrrole nitrogens is 1. The van der Waals surface area contributed by atoms with Crippen molar-refractivity contribution in [3.05, 3.63) is 47.1 Å². The number of nitrogens with one attached hydrogen (secondary N) is 2. The second-order valence-corrected chi connectivity index (χ2v) is 7.91. The van der Waals surface area contributed by atoms with Gasteiger partial charge in [0.1, 0.15) is 5.82 Å². The lowest BCUT2D eigenvalue weighted by molar-refractivity contribution is 0.0694. The fourth-order valence-corrected chi connectivity index (χ4v) is 4.00. The zero-order chi connectivity index (χ0) is 19.8. The van der Waals surface area contributed by atoms with Crippen molar-refractivity contribution in [2.45, 2.75) is 24.8 Å². The SMILES string of the molecule is O=C(NC1CCOCC1)c1nccnc1N1CC(c2nc3cc(Cl)ccc3[nH]2)C1. The molecule has 3 aromatic rings. The first-order valence-corrected chi connectivity index (χ1v) is 10.1. The first kappa shape index (κ1) is 18.3. The minimum atomic E-state index is -0.179. The summed E-state index contributed by atoms with van der Waals surface area (Å²) in [4.78, 5) is 31.6. The quantitative estimate of drug-likeness (QED) is 0.683. The van der Waals surface area contributed by atoms with Gasteiger partial charge >= 0.3 is 0 Å². The van der Waals surface area contributed by atoms with Gasteiger partial charge in [-0.1, -0.05) is 11.6 Å². The minimum Gasteiger partial charge on any atom is -0.381 e. The maximum atomic E-state index is 12.8. The monoisotopic (exact) mass is 412 g/mol.